The van der Waals surface area contributed by atoms with E-state index in [1.165, 1.54) is 16.0 Å². The summed E-state index contributed by atoms with van der Waals surface area (Å²) < 4.78 is 6.87. The van der Waals surface area contributed by atoms with Gasteiger partial charge < -0.3 is 9.64 Å². The maximum Gasteiger partial charge on any atom is 0.230 e. The average Bonchev–Trinajstić information content (AvgIpc) is 3.13. The van der Waals surface area contributed by atoms with Gasteiger partial charge in [-0.1, -0.05) is 22.0 Å². The maximum absolute atomic E-state index is 12.8. The third-order valence-corrected chi connectivity index (χ3v) is 5.91. The molecule has 1 aromatic heterocycles. The molecule has 1 aromatic carbocycles. The van der Waals surface area contributed by atoms with Crippen molar-refractivity contribution in [2.24, 2.45) is 0 Å². The quantitative estimate of drug-likeness (QED) is 0.788. The lowest BCUT2D eigenvalue weighted by Crippen LogP contribution is -2.31. The van der Waals surface area contributed by atoms with Crippen LogP contribution in [0.5, 0.6) is 0 Å². The molecule has 114 valence electrons. The first-order chi connectivity index (χ1) is 10.7. The second-order valence-corrected chi connectivity index (χ2v) is 7.56. The Bertz CT molecular complexity index is 727. The van der Waals surface area contributed by atoms with Crippen LogP contribution in [0, 0.1) is 0 Å². The number of carbonyl (C=O) groups is 1. The van der Waals surface area contributed by atoms with E-state index in [0.29, 0.717) is 13.0 Å². The monoisotopic (exact) mass is 377 g/mol. The molecule has 3 heterocycles. The topological polar surface area (TPSA) is 29.5 Å². The molecule has 5 heteroatoms. The number of hydrogen-bond donors (Lipinski definition) is 0. The lowest BCUT2D eigenvalue weighted by molar-refractivity contribution is -0.121. The number of fused-ring (bicyclic) bond motifs is 2. The zero-order chi connectivity index (χ0) is 15.1. The van der Waals surface area contributed by atoms with Crippen molar-refractivity contribution >= 4 is 38.9 Å². The van der Waals surface area contributed by atoms with E-state index in [0.717, 1.165) is 29.5 Å². The molecular weight excluding hydrogens is 362 g/mol. The van der Waals surface area contributed by atoms with E-state index in [9.17, 15) is 4.79 Å². The van der Waals surface area contributed by atoms with Gasteiger partial charge in [0, 0.05) is 21.6 Å². The number of anilines is 1. The molecule has 4 rings (SSSR count). The number of nitrogens with zero attached hydrogens (tertiary/aromatic N) is 1. The van der Waals surface area contributed by atoms with Crippen LogP contribution in [0.3, 0.4) is 0 Å². The van der Waals surface area contributed by atoms with E-state index in [1.807, 2.05) is 17.0 Å². The van der Waals surface area contributed by atoms with Crippen molar-refractivity contribution < 1.29 is 9.53 Å². The van der Waals surface area contributed by atoms with E-state index in [2.05, 4.69) is 33.4 Å². The number of hydrogen-bond acceptors (Lipinski definition) is 3. The first kappa shape index (κ1) is 14.4. The minimum absolute atomic E-state index is 0.0764. The van der Waals surface area contributed by atoms with Gasteiger partial charge in [0.15, 0.2) is 0 Å². The number of ether oxygens (including phenoxy) is 1. The Hall–Kier alpha value is -1.17. The molecule has 1 unspecified atom stereocenters. The highest BCUT2D eigenvalue weighted by Gasteiger charge is 2.30. The molecule has 22 heavy (non-hydrogen) atoms. The molecule has 1 amide bonds. The Labute approximate surface area is 142 Å². The van der Waals surface area contributed by atoms with Gasteiger partial charge in [-0.2, -0.15) is 0 Å². The predicted molar refractivity (Wildman–Crippen MR) is 91.5 cm³/mol. The predicted octanol–water partition coefficient (Wildman–Crippen LogP) is 4.10. The lowest BCUT2D eigenvalue weighted by atomic mass is 10.1. The van der Waals surface area contributed by atoms with Crippen molar-refractivity contribution in [3.8, 4) is 0 Å². The summed E-state index contributed by atoms with van der Waals surface area (Å²) in [6.45, 7) is 1.48. The molecular formula is C17H16BrNO2S. The summed E-state index contributed by atoms with van der Waals surface area (Å²) in [6, 6.07) is 8.33. The summed E-state index contributed by atoms with van der Waals surface area (Å²) in [5.41, 5.74) is 3.64. The number of benzene rings is 1. The molecule has 2 aromatic rings. The molecule has 0 radical (unpaired) electrons. The summed E-state index contributed by atoms with van der Waals surface area (Å²) in [4.78, 5) is 15.9. The van der Waals surface area contributed by atoms with Crippen molar-refractivity contribution in [3.63, 3.8) is 0 Å². The third-order valence-electron chi connectivity index (χ3n) is 4.37. The number of halogens is 1. The van der Waals surface area contributed by atoms with Gasteiger partial charge >= 0.3 is 0 Å². The van der Waals surface area contributed by atoms with Crippen LogP contribution in [0.2, 0.25) is 0 Å². The van der Waals surface area contributed by atoms with E-state index in [-0.39, 0.29) is 12.0 Å². The maximum atomic E-state index is 12.8. The fourth-order valence-corrected chi connectivity index (χ4v) is 4.61. The van der Waals surface area contributed by atoms with Crippen LogP contribution < -0.4 is 4.90 Å². The number of rotatable bonds is 2. The molecule has 2 aliphatic rings. The standard InChI is InChI=1S/C17H16BrNO2S/c18-13-2-1-11-3-6-19(14(11)9-13)16(20)10-15-17-12(4-7-21-15)5-8-22-17/h1-2,5,8-9,15H,3-4,6-7,10H2. The molecule has 0 N–H and O–H groups in total. The molecule has 0 aliphatic carbocycles. The Morgan fingerprint density at radius 2 is 2.23 bits per heavy atom. The lowest BCUT2D eigenvalue weighted by Gasteiger charge is -2.25. The Morgan fingerprint density at radius 3 is 3.14 bits per heavy atom. The molecule has 3 nitrogen and oxygen atoms in total. The van der Waals surface area contributed by atoms with E-state index in [1.54, 1.807) is 11.3 Å². The SMILES string of the molecule is O=C(CC1OCCc2ccsc21)N1CCc2ccc(Br)cc21. The normalized spacial score (nSPS) is 19.9. The van der Waals surface area contributed by atoms with E-state index >= 15 is 0 Å². The molecule has 0 saturated heterocycles. The van der Waals surface area contributed by atoms with Gasteiger partial charge in [-0.15, -0.1) is 11.3 Å². The van der Waals surface area contributed by atoms with E-state index in [4.69, 9.17) is 4.74 Å². The first-order valence-corrected chi connectivity index (χ1v) is 9.16. The van der Waals surface area contributed by atoms with Gasteiger partial charge in [0.1, 0.15) is 6.10 Å². The fourth-order valence-electron chi connectivity index (χ4n) is 3.26. The third kappa shape index (κ3) is 2.51. The van der Waals surface area contributed by atoms with Crippen LogP contribution in [0.15, 0.2) is 34.1 Å². The summed E-state index contributed by atoms with van der Waals surface area (Å²) in [5, 5.41) is 2.10. The molecule has 0 fully saturated rings. The van der Waals surface area contributed by atoms with Crippen molar-refractivity contribution in [2.45, 2.75) is 25.4 Å². The second-order valence-electron chi connectivity index (χ2n) is 5.69. The molecule has 0 saturated carbocycles. The Balaban J connectivity index is 1.55. The van der Waals surface area contributed by atoms with Crippen molar-refractivity contribution in [2.75, 3.05) is 18.1 Å². The van der Waals surface area contributed by atoms with Crippen LogP contribution in [0.1, 0.15) is 28.5 Å². The van der Waals surface area contributed by atoms with Crippen molar-refractivity contribution in [3.05, 3.63) is 50.1 Å². The Morgan fingerprint density at radius 1 is 1.32 bits per heavy atom. The first-order valence-electron chi connectivity index (χ1n) is 7.49. The smallest absolute Gasteiger partial charge is 0.230 e. The summed E-state index contributed by atoms with van der Waals surface area (Å²) in [7, 11) is 0. The summed E-state index contributed by atoms with van der Waals surface area (Å²) in [5.74, 6) is 0.156. The van der Waals surface area contributed by atoms with Crippen LogP contribution >= 0.6 is 27.3 Å². The van der Waals surface area contributed by atoms with Gasteiger partial charge in [-0.3, -0.25) is 4.79 Å². The van der Waals surface area contributed by atoms with Crippen LogP contribution in [0.4, 0.5) is 5.69 Å². The zero-order valence-corrected chi connectivity index (χ0v) is 14.5. The number of thiophene rings is 1. The molecule has 1 atom stereocenters. The van der Waals surface area contributed by atoms with Gasteiger partial charge in [-0.25, -0.2) is 0 Å². The fraction of sp³-hybridized carbons (Fsp3) is 0.353. The van der Waals surface area contributed by atoms with Crippen LogP contribution in [0.25, 0.3) is 0 Å². The molecule has 0 bridgehead atoms. The number of carbonyl (C=O) groups excluding carboxylic acids is 1. The van der Waals surface area contributed by atoms with Crippen LogP contribution in [-0.4, -0.2) is 19.1 Å². The van der Waals surface area contributed by atoms with Gasteiger partial charge in [0.25, 0.3) is 0 Å². The van der Waals surface area contributed by atoms with Gasteiger partial charge in [0.2, 0.25) is 5.91 Å². The van der Waals surface area contributed by atoms with Gasteiger partial charge in [-0.05, 0) is 47.5 Å². The highest BCUT2D eigenvalue weighted by atomic mass is 79.9. The average molecular weight is 378 g/mol. The number of amides is 1. The zero-order valence-electron chi connectivity index (χ0n) is 12.0. The van der Waals surface area contributed by atoms with Crippen molar-refractivity contribution in [1.29, 1.82) is 0 Å². The second kappa shape index (κ2) is 5.80. The molecule has 2 aliphatic heterocycles. The minimum atomic E-state index is -0.0764. The van der Waals surface area contributed by atoms with Crippen LogP contribution in [-0.2, 0) is 22.4 Å². The highest BCUT2D eigenvalue weighted by molar-refractivity contribution is 9.10. The molecule has 0 spiro atoms. The summed E-state index contributed by atoms with van der Waals surface area (Å²) >= 11 is 5.20. The highest BCUT2D eigenvalue weighted by Crippen LogP contribution is 2.36. The largest absolute Gasteiger partial charge is 0.372 e. The Kier molecular flexibility index (Phi) is 3.80. The van der Waals surface area contributed by atoms with Crippen molar-refractivity contribution in [1.82, 2.24) is 0 Å². The van der Waals surface area contributed by atoms with E-state index < -0.39 is 0 Å². The summed E-state index contributed by atoms with van der Waals surface area (Å²) in [6.07, 6.45) is 2.25. The minimum Gasteiger partial charge on any atom is -0.372 e. The van der Waals surface area contributed by atoms with Gasteiger partial charge in [0.05, 0.1) is 13.0 Å².